The maximum Gasteiger partial charge on any atom is 0.374 e. The standard InChI is InChI=1S/C18H16O4/c1-22-18(21)17(20)15(13-8-4-2-5-9-13)12-16(19)14-10-6-3-7-11-14/h2-11,15H,12H2,1H3. The number of ether oxygens (including phenoxy) is 1. The van der Waals surface area contributed by atoms with Gasteiger partial charge in [-0.3, -0.25) is 9.59 Å². The van der Waals surface area contributed by atoms with Gasteiger partial charge in [0.15, 0.2) is 5.78 Å². The number of carbonyl (C=O) groups excluding carboxylic acids is 3. The molecule has 0 aliphatic heterocycles. The van der Waals surface area contributed by atoms with Crippen LogP contribution in [-0.2, 0) is 14.3 Å². The Balaban J connectivity index is 2.27. The third kappa shape index (κ3) is 3.67. The van der Waals surface area contributed by atoms with Crippen LogP contribution in [0.3, 0.4) is 0 Å². The molecule has 0 amide bonds. The molecular formula is C18H16O4. The van der Waals surface area contributed by atoms with E-state index in [9.17, 15) is 14.4 Å². The van der Waals surface area contributed by atoms with Crippen molar-refractivity contribution >= 4 is 17.5 Å². The average Bonchev–Trinajstić information content (AvgIpc) is 2.59. The minimum absolute atomic E-state index is 0.0675. The Morgan fingerprint density at radius 2 is 1.45 bits per heavy atom. The zero-order valence-corrected chi connectivity index (χ0v) is 12.2. The Morgan fingerprint density at radius 3 is 2.00 bits per heavy atom. The Kier molecular flexibility index (Phi) is 5.20. The fourth-order valence-corrected chi connectivity index (χ4v) is 2.22. The van der Waals surface area contributed by atoms with E-state index in [4.69, 9.17) is 0 Å². The van der Waals surface area contributed by atoms with Crippen LogP contribution in [0.25, 0.3) is 0 Å². The first-order valence-corrected chi connectivity index (χ1v) is 6.89. The molecule has 0 bridgehead atoms. The van der Waals surface area contributed by atoms with Gasteiger partial charge in [0.2, 0.25) is 5.78 Å². The predicted molar refractivity (Wildman–Crippen MR) is 81.6 cm³/mol. The highest BCUT2D eigenvalue weighted by Gasteiger charge is 2.29. The molecule has 0 N–H and O–H groups in total. The second kappa shape index (κ2) is 7.31. The van der Waals surface area contributed by atoms with Crippen molar-refractivity contribution in [2.24, 2.45) is 0 Å². The fourth-order valence-electron chi connectivity index (χ4n) is 2.22. The van der Waals surface area contributed by atoms with Crippen molar-refractivity contribution in [1.82, 2.24) is 0 Å². The van der Waals surface area contributed by atoms with E-state index in [1.165, 1.54) is 0 Å². The molecule has 0 aromatic heterocycles. The zero-order chi connectivity index (χ0) is 15.9. The van der Waals surface area contributed by atoms with Crippen LogP contribution >= 0.6 is 0 Å². The molecule has 4 nitrogen and oxygen atoms in total. The maximum atomic E-state index is 12.3. The number of Topliss-reactive ketones (excluding diaryl/α,β-unsaturated/α-hetero) is 2. The van der Waals surface area contributed by atoms with E-state index in [0.29, 0.717) is 11.1 Å². The number of esters is 1. The van der Waals surface area contributed by atoms with E-state index in [-0.39, 0.29) is 12.2 Å². The molecule has 0 aliphatic carbocycles. The largest absolute Gasteiger partial charge is 0.463 e. The van der Waals surface area contributed by atoms with E-state index < -0.39 is 17.7 Å². The number of ketones is 2. The van der Waals surface area contributed by atoms with Gasteiger partial charge in [-0.05, 0) is 5.56 Å². The summed E-state index contributed by atoms with van der Waals surface area (Å²) in [5.74, 6) is -2.67. The van der Waals surface area contributed by atoms with Crippen LogP contribution in [0.15, 0.2) is 60.7 Å². The highest BCUT2D eigenvalue weighted by molar-refractivity contribution is 6.36. The number of methoxy groups -OCH3 is 1. The molecule has 0 spiro atoms. The van der Waals surface area contributed by atoms with Gasteiger partial charge >= 0.3 is 5.97 Å². The van der Waals surface area contributed by atoms with E-state index in [1.807, 2.05) is 12.1 Å². The van der Waals surface area contributed by atoms with Crippen LogP contribution in [0, 0.1) is 0 Å². The number of rotatable bonds is 6. The molecule has 1 unspecified atom stereocenters. The third-order valence-corrected chi connectivity index (χ3v) is 3.39. The molecule has 22 heavy (non-hydrogen) atoms. The van der Waals surface area contributed by atoms with Gasteiger partial charge in [-0.25, -0.2) is 4.79 Å². The first kappa shape index (κ1) is 15.6. The third-order valence-electron chi connectivity index (χ3n) is 3.39. The van der Waals surface area contributed by atoms with Gasteiger partial charge in [0.05, 0.1) is 13.0 Å². The van der Waals surface area contributed by atoms with E-state index >= 15 is 0 Å². The first-order valence-electron chi connectivity index (χ1n) is 6.89. The quantitative estimate of drug-likeness (QED) is 0.467. The average molecular weight is 296 g/mol. The lowest BCUT2D eigenvalue weighted by atomic mass is 9.88. The summed E-state index contributed by atoms with van der Waals surface area (Å²) >= 11 is 0. The van der Waals surface area contributed by atoms with Gasteiger partial charge in [0.25, 0.3) is 0 Å². The summed E-state index contributed by atoms with van der Waals surface area (Å²) in [6.07, 6.45) is -0.0675. The Bertz CT molecular complexity index is 662. The van der Waals surface area contributed by atoms with Crippen LogP contribution in [0.5, 0.6) is 0 Å². The van der Waals surface area contributed by atoms with Crippen LogP contribution in [0.4, 0.5) is 0 Å². The molecule has 4 heteroatoms. The topological polar surface area (TPSA) is 60.4 Å². The van der Waals surface area contributed by atoms with Crippen molar-refractivity contribution in [3.8, 4) is 0 Å². The lowest BCUT2D eigenvalue weighted by molar-refractivity contribution is -0.152. The number of hydrogen-bond donors (Lipinski definition) is 0. The molecule has 112 valence electrons. The molecule has 0 radical (unpaired) electrons. The monoisotopic (exact) mass is 296 g/mol. The summed E-state index contributed by atoms with van der Waals surface area (Å²) in [5.41, 5.74) is 1.14. The van der Waals surface area contributed by atoms with Crippen molar-refractivity contribution in [1.29, 1.82) is 0 Å². The second-order valence-electron chi connectivity index (χ2n) is 4.81. The number of benzene rings is 2. The highest BCUT2D eigenvalue weighted by atomic mass is 16.5. The van der Waals surface area contributed by atoms with Crippen molar-refractivity contribution < 1.29 is 19.1 Å². The molecule has 0 saturated carbocycles. The number of hydrogen-bond acceptors (Lipinski definition) is 4. The molecule has 0 saturated heterocycles. The van der Waals surface area contributed by atoms with Gasteiger partial charge in [-0.2, -0.15) is 0 Å². The summed E-state index contributed by atoms with van der Waals surface area (Å²) in [4.78, 5) is 36.1. The lowest BCUT2D eigenvalue weighted by Crippen LogP contribution is -2.25. The highest BCUT2D eigenvalue weighted by Crippen LogP contribution is 2.23. The molecule has 0 fully saturated rings. The summed E-state index contributed by atoms with van der Waals surface area (Å²) in [6.45, 7) is 0. The van der Waals surface area contributed by atoms with Crippen LogP contribution in [0.1, 0.15) is 28.3 Å². The summed E-state index contributed by atoms with van der Waals surface area (Å²) in [6, 6.07) is 17.5. The minimum Gasteiger partial charge on any atom is -0.463 e. The first-order chi connectivity index (χ1) is 10.6. The smallest absolute Gasteiger partial charge is 0.374 e. The summed E-state index contributed by atoms with van der Waals surface area (Å²) < 4.78 is 4.50. The van der Waals surface area contributed by atoms with E-state index in [0.717, 1.165) is 7.11 Å². The molecule has 1 atom stereocenters. The number of carbonyl (C=O) groups is 3. The molecule has 2 aromatic rings. The van der Waals surface area contributed by atoms with Crippen molar-refractivity contribution in [3.05, 3.63) is 71.8 Å². The van der Waals surface area contributed by atoms with Crippen LogP contribution in [0.2, 0.25) is 0 Å². The maximum absolute atomic E-state index is 12.3. The predicted octanol–water partition coefficient (Wildman–Crippen LogP) is 2.79. The summed E-state index contributed by atoms with van der Waals surface area (Å²) in [5, 5.41) is 0. The summed E-state index contributed by atoms with van der Waals surface area (Å²) in [7, 11) is 1.15. The second-order valence-corrected chi connectivity index (χ2v) is 4.81. The molecular weight excluding hydrogens is 280 g/mol. The molecule has 2 rings (SSSR count). The van der Waals surface area contributed by atoms with Gasteiger partial charge < -0.3 is 4.74 Å². The van der Waals surface area contributed by atoms with Crippen molar-refractivity contribution in [2.75, 3.05) is 7.11 Å². The van der Waals surface area contributed by atoms with Crippen LogP contribution < -0.4 is 0 Å². The minimum atomic E-state index is -0.935. The van der Waals surface area contributed by atoms with Gasteiger partial charge in [-0.1, -0.05) is 60.7 Å². The lowest BCUT2D eigenvalue weighted by Gasteiger charge is -2.14. The molecule has 0 aliphatic rings. The van der Waals surface area contributed by atoms with E-state index in [2.05, 4.69) is 4.74 Å². The van der Waals surface area contributed by atoms with Gasteiger partial charge in [0, 0.05) is 12.0 Å². The molecule has 2 aromatic carbocycles. The van der Waals surface area contributed by atoms with Crippen molar-refractivity contribution in [2.45, 2.75) is 12.3 Å². The van der Waals surface area contributed by atoms with Crippen molar-refractivity contribution in [3.63, 3.8) is 0 Å². The van der Waals surface area contributed by atoms with Gasteiger partial charge in [0.1, 0.15) is 0 Å². The van der Waals surface area contributed by atoms with E-state index in [1.54, 1.807) is 48.5 Å². The molecule has 0 heterocycles. The SMILES string of the molecule is COC(=O)C(=O)C(CC(=O)c1ccccc1)c1ccccc1. The van der Waals surface area contributed by atoms with Crippen LogP contribution in [-0.4, -0.2) is 24.6 Å². The fraction of sp³-hybridized carbons (Fsp3) is 0.167. The normalized spacial score (nSPS) is 11.5. The Labute approximate surface area is 128 Å². The zero-order valence-electron chi connectivity index (χ0n) is 12.2. The Hall–Kier alpha value is -2.75. The Morgan fingerprint density at radius 1 is 0.909 bits per heavy atom. The van der Waals surface area contributed by atoms with Gasteiger partial charge in [-0.15, -0.1) is 0 Å².